The van der Waals surface area contributed by atoms with Crippen LogP contribution in [0, 0.1) is 6.92 Å². The average molecular weight is 396 g/mol. The highest BCUT2D eigenvalue weighted by Gasteiger charge is 2.31. The third-order valence-electron chi connectivity index (χ3n) is 3.53. The first-order valence-corrected chi connectivity index (χ1v) is 7.88. The van der Waals surface area contributed by atoms with Crippen LogP contribution in [0.4, 0.5) is 0 Å². The predicted molar refractivity (Wildman–Crippen MR) is 85.6 cm³/mol. The summed E-state index contributed by atoms with van der Waals surface area (Å²) in [5.41, 5.74) is 2.75. The number of ether oxygens (including phenoxy) is 1. The predicted octanol–water partition coefficient (Wildman–Crippen LogP) is 4.88. The number of halogens is 2. The van der Waals surface area contributed by atoms with Crippen molar-refractivity contribution in [2.75, 3.05) is 6.61 Å². The number of carbonyl (C=O) groups excluding carboxylic acids is 1. The van der Waals surface area contributed by atoms with E-state index in [2.05, 4.69) is 31.9 Å². The fourth-order valence-electron chi connectivity index (χ4n) is 2.40. The summed E-state index contributed by atoms with van der Waals surface area (Å²) >= 11 is 6.97. The van der Waals surface area contributed by atoms with Crippen LogP contribution in [0.2, 0.25) is 0 Å². The van der Waals surface area contributed by atoms with Gasteiger partial charge in [0, 0.05) is 20.1 Å². The van der Waals surface area contributed by atoms with Gasteiger partial charge in [0.15, 0.2) is 5.78 Å². The highest BCUT2D eigenvalue weighted by Crippen LogP contribution is 2.37. The van der Waals surface area contributed by atoms with Crippen LogP contribution in [-0.2, 0) is 0 Å². The maximum Gasteiger partial charge on any atom is 0.175 e. The van der Waals surface area contributed by atoms with Crippen LogP contribution < -0.4 is 4.74 Å². The fraction of sp³-hybridized carbons (Fsp3) is 0.188. The second-order valence-electron chi connectivity index (χ2n) is 4.85. The summed E-state index contributed by atoms with van der Waals surface area (Å²) in [5.74, 6) is 0.674. The number of para-hydroxylation sites is 1. The quantitative estimate of drug-likeness (QED) is 0.677. The Bertz CT molecular complexity index is 695. The second-order valence-corrected chi connectivity index (χ2v) is 6.56. The van der Waals surface area contributed by atoms with Gasteiger partial charge in [-0.05, 0) is 30.7 Å². The first-order chi connectivity index (χ1) is 9.58. The van der Waals surface area contributed by atoms with Gasteiger partial charge in [0.1, 0.15) is 12.4 Å². The van der Waals surface area contributed by atoms with Gasteiger partial charge in [0.25, 0.3) is 0 Å². The minimum absolute atomic E-state index is 0.0857. The molecule has 0 fully saturated rings. The Morgan fingerprint density at radius 1 is 1.20 bits per heavy atom. The van der Waals surface area contributed by atoms with E-state index in [0.717, 1.165) is 25.8 Å². The largest absolute Gasteiger partial charge is 0.492 e. The van der Waals surface area contributed by atoms with Crippen LogP contribution in [0.25, 0.3) is 0 Å². The van der Waals surface area contributed by atoms with E-state index in [1.54, 1.807) is 0 Å². The molecule has 102 valence electrons. The summed E-state index contributed by atoms with van der Waals surface area (Å²) in [6, 6.07) is 11.6. The molecule has 0 bridgehead atoms. The van der Waals surface area contributed by atoms with Crippen molar-refractivity contribution in [3.05, 3.63) is 62.0 Å². The molecule has 1 heterocycles. The number of Topliss-reactive ketones (excluding diaryl/α,β-unsaturated/α-hetero) is 1. The minimum Gasteiger partial charge on any atom is -0.492 e. The fourth-order valence-corrected chi connectivity index (χ4v) is 3.40. The van der Waals surface area contributed by atoms with E-state index >= 15 is 0 Å². The molecular weight excluding hydrogens is 384 g/mol. The molecule has 20 heavy (non-hydrogen) atoms. The third-order valence-corrected chi connectivity index (χ3v) is 5.04. The van der Waals surface area contributed by atoms with Crippen LogP contribution >= 0.6 is 31.9 Å². The summed E-state index contributed by atoms with van der Waals surface area (Å²) in [6.07, 6.45) is 0. The molecule has 2 aromatic carbocycles. The van der Waals surface area contributed by atoms with E-state index in [1.807, 2.05) is 43.3 Å². The van der Waals surface area contributed by atoms with E-state index in [9.17, 15) is 4.79 Å². The van der Waals surface area contributed by atoms with Gasteiger partial charge in [-0.2, -0.15) is 0 Å². The molecule has 4 heteroatoms. The van der Waals surface area contributed by atoms with Gasteiger partial charge in [-0.3, -0.25) is 4.79 Å². The van der Waals surface area contributed by atoms with Crippen molar-refractivity contribution in [2.24, 2.45) is 0 Å². The number of hydrogen-bond acceptors (Lipinski definition) is 2. The molecule has 0 N–H and O–H groups in total. The molecule has 2 nitrogen and oxygen atoms in total. The Labute approximate surface area is 134 Å². The van der Waals surface area contributed by atoms with Gasteiger partial charge in [-0.1, -0.05) is 50.1 Å². The maximum atomic E-state index is 12.8. The smallest absolute Gasteiger partial charge is 0.175 e. The first kappa shape index (κ1) is 13.8. The molecule has 1 aliphatic heterocycles. The van der Waals surface area contributed by atoms with Crippen LogP contribution in [0.1, 0.15) is 27.4 Å². The SMILES string of the molecule is Cc1cc(Br)c(C(=O)C2COc3ccccc32)cc1Br. The van der Waals surface area contributed by atoms with Crippen LogP contribution in [0.15, 0.2) is 45.3 Å². The average Bonchev–Trinajstić information content (AvgIpc) is 2.86. The Morgan fingerprint density at radius 3 is 2.75 bits per heavy atom. The Balaban J connectivity index is 2.01. The molecule has 1 aliphatic rings. The zero-order valence-electron chi connectivity index (χ0n) is 10.8. The Kier molecular flexibility index (Phi) is 3.69. The summed E-state index contributed by atoms with van der Waals surface area (Å²) in [4.78, 5) is 12.8. The second kappa shape index (κ2) is 5.34. The first-order valence-electron chi connectivity index (χ1n) is 6.29. The number of fused-ring (bicyclic) bond motifs is 1. The number of carbonyl (C=O) groups is 1. The molecule has 0 saturated carbocycles. The molecule has 0 radical (unpaired) electrons. The normalized spacial score (nSPS) is 16.6. The van der Waals surface area contributed by atoms with Gasteiger partial charge in [-0.15, -0.1) is 0 Å². The lowest BCUT2D eigenvalue weighted by Gasteiger charge is -2.11. The monoisotopic (exact) mass is 394 g/mol. The molecule has 1 atom stereocenters. The zero-order chi connectivity index (χ0) is 14.3. The van der Waals surface area contributed by atoms with Crippen LogP contribution in [0.3, 0.4) is 0 Å². The summed E-state index contributed by atoms with van der Waals surface area (Å²) in [6.45, 7) is 2.41. The van der Waals surface area contributed by atoms with Crippen molar-refractivity contribution in [2.45, 2.75) is 12.8 Å². The minimum atomic E-state index is -0.225. The molecule has 0 saturated heterocycles. The molecule has 0 spiro atoms. The molecule has 1 unspecified atom stereocenters. The molecule has 0 amide bonds. The van der Waals surface area contributed by atoms with E-state index in [1.165, 1.54) is 0 Å². The van der Waals surface area contributed by atoms with E-state index in [0.29, 0.717) is 12.2 Å². The number of rotatable bonds is 2. The maximum absolute atomic E-state index is 12.8. The number of hydrogen-bond donors (Lipinski definition) is 0. The molecule has 2 aromatic rings. The standard InChI is InChI=1S/C16H12Br2O2/c1-9-6-14(18)11(7-13(9)17)16(19)12-8-20-15-5-3-2-4-10(12)15/h2-7,12H,8H2,1H3. The lowest BCUT2D eigenvalue weighted by molar-refractivity contribution is 0.0946. The van der Waals surface area contributed by atoms with E-state index in [4.69, 9.17) is 4.74 Å². The van der Waals surface area contributed by atoms with Gasteiger partial charge in [0.2, 0.25) is 0 Å². The van der Waals surface area contributed by atoms with Gasteiger partial charge >= 0.3 is 0 Å². The van der Waals surface area contributed by atoms with Crippen LogP contribution in [-0.4, -0.2) is 12.4 Å². The van der Waals surface area contributed by atoms with Crippen molar-refractivity contribution in [3.63, 3.8) is 0 Å². The lowest BCUT2D eigenvalue weighted by Crippen LogP contribution is -2.15. The number of ketones is 1. The van der Waals surface area contributed by atoms with Gasteiger partial charge < -0.3 is 4.74 Å². The Morgan fingerprint density at radius 2 is 1.95 bits per heavy atom. The van der Waals surface area contributed by atoms with E-state index in [-0.39, 0.29) is 11.7 Å². The van der Waals surface area contributed by atoms with Crippen LogP contribution in [0.5, 0.6) is 5.75 Å². The third kappa shape index (κ3) is 2.31. The molecule has 3 rings (SSSR count). The van der Waals surface area contributed by atoms with Crippen molar-refractivity contribution in [1.82, 2.24) is 0 Å². The molecule has 0 aliphatic carbocycles. The van der Waals surface area contributed by atoms with Gasteiger partial charge in [0.05, 0.1) is 5.92 Å². The van der Waals surface area contributed by atoms with Crippen molar-refractivity contribution in [3.8, 4) is 5.75 Å². The molecule has 0 aromatic heterocycles. The zero-order valence-corrected chi connectivity index (χ0v) is 14.0. The van der Waals surface area contributed by atoms with Gasteiger partial charge in [-0.25, -0.2) is 0 Å². The topological polar surface area (TPSA) is 26.3 Å². The number of aryl methyl sites for hydroxylation is 1. The van der Waals surface area contributed by atoms with Crippen molar-refractivity contribution < 1.29 is 9.53 Å². The van der Waals surface area contributed by atoms with Crippen molar-refractivity contribution >= 4 is 37.6 Å². The van der Waals surface area contributed by atoms with E-state index < -0.39 is 0 Å². The van der Waals surface area contributed by atoms with Crippen molar-refractivity contribution in [1.29, 1.82) is 0 Å². The lowest BCUT2D eigenvalue weighted by atomic mass is 9.92. The summed E-state index contributed by atoms with van der Waals surface area (Å²) in [7, 11) is 0. The highest BCUT2D eigenvalue weighted by molar-refractivity contribution is 9.11. The number of benzene rings is 2. The summed E-state index contributed by atoms with van der Waals surface area (Å²) in [5, 5.41) is 0. The highest BCUT2D eigenvalue weighted by atomic mass is 79.9. The molecular formula is C16H12Br2O2. The Hall–Kier alpha value is -1.13. The summed E-state index contributed by atoms with van der Waals surface area (Å²) < 4.78 is 7.37.